The molecule has 0 fully saturated rings. The second-order valence-electron chi connectivity index (χ2n) is 4.85. The lowest BCUT2D eigenvalue weighted by atomic mass is 10.0. The lowest BCUT2D eigenvalue weighted by molar-refractivity contribution is 0.0408. The number of aliphatic hydroxyl groups is 1. The maximum absolute atomic E-state index is 9.64. The first-order valence-corrected chi connectivity index (χ1v) is 6.04. The smallest absolute Gasteiger partial charge is 0.0718 e. The van der Waals surface area contributed by atoms with E-state index in [-0.39, 0.29) is 0 Å². The van der Waals surface area contributed by atoms with Crippen molar-refractivity contribution in [3.05, 3.63) is 0 Å². The Kier molecular flexibility index (Phi) is 6.83. The van der Waals surface area contributed by atoms with Crippen molar-refractivity contribution in [2.24, 2.45) is 5.92 Å². The second kappa shape index (κ2) is 6.70. The molecule has 0 spiro atoms. The van der Waals surface area contributed by atoms with E-state index in [0.717, 1.165) is 18.8 Å². The molecule has 2 nitrogen and oxygen atoms in total. The Bertz CT molecular complexity index is 145. The first-order chi connectivity index (χ1) is 6.39. The van der Waals surface area contributed by atoms with Crippen LogP contribution in [0.2, 0.25) is 0 Å². The molecule has 14 heavy (non-hydrogen) atoms. The van der Waals surface area contributed by atoms with Crippen LogP contribution in [-0.2, 0) is 0 Å². The van der Waals surface area contributed by atoms with Crippen molar-refractivity contribution in [1.29, 1.82) is 0 Å². The molecule has 1 N–H and O–H groups in total. The molecular weight excluding hydrogens is 194 g/mol. The molecule has 0 rings (SSSR count). The average molecular weight is 219 g/mol. The number of hydrogen-bond donors (Lipinski definition) is 2. The van der Waals surface area contributed by atoms with Crippen LogP contribution in [-0.4, -0.2) is 41.5 Å². The molecule has 0 aromatic rings. The molecule has 0 aliphatic heterocycles. The van der Waals surface area contributed by atoms with Crippen molar-refractivity contribution >= 4 is 12.6 Å². The van der Waals surface area contributed by atoms with Crippen LogP contribution in [0.1, 0.15) is 33.6 Å². The fourth-order valence-corrected chi connectivity index (χ4v) is 2.11. The van der Waals surface area contributed by atoms with Gasteiger partial charge in [-0.05, 0) is 39.0 Å². The summed E-state index contributed by atoms with van der Waals surface area (Å²) in [5, 5.41) is 9.64. The summed E-state index contributed by atoms with van der Waals surface area (Å²) in [4.78, 5) is 2.19. The Morgan fingerprint density at radius 3 is 2.36 bits per heavy atom. The van der Waals surface area contributed by atoms with Crippen LogP contribution >= 0.6 is 12.6 Å². The average Bonchev–Trinajstić information content (AvgIpc) is 2.00. The first kappa shape index (κ1) is 14.3. The van der Waals surface area contributed by atoms with Crippen LogP contribution in [0.5, 0.6) is 0 Å². The van der Waals surface area contributed by atoms with E-state index in [1.807, 2.05) is 13.8 Å². The molecule has 0 saturated carbocycles. The summed E-state index contributed by atoms with van der Waals surface area (Å²) in [6.45, 7) is 7.65. The summed E-state index contributed by atoms with van der Waals surface area (Å²) in [7, 11) is 2.06. The molecule has 3 heteroatoms. The van der Waals surface area contributed by atoms with Crippen LogP contribution in [0.4, 0.5) is 0 Å². The van der Waals surface area contributed by atoms with E-state index in [2.05, 4.69) is 31.5 Å². The molecule has 0 aliphatic rings. The van der Waals surface area contributed by atoms with Gasteiger partial charge in [-0.1, -0.05) is 13.3 Å². The zero-order chi connectivity index (χ0) is 11.2. The molecule has 0 radical (unpaired) electrons. The SMILES string of the molecule is CCCC(CS)CN(C)CC(C)(C)O. The summed E-state index contributed by atoms with van der Waals surface area (Å²) in [6.07, 6.45) is 2.43. The van der Waals surface area contributed by atoms with Gasteiger partial charge < -0.3 is 10.0 Å². The van der Waals surface area contributed by atoms with Crippen molar-refractivity contribution in [2.45, 2.75) is 39.2 Å². The summed E-state index contributed by atoms with van der Waals surface area (Å²) >= 11 is 4.35. The van der Waals surface area contributed by atoms with Gasteiger partial charge in [0.05, 0.1) is 5.60 Å². The standard InChI is InChI=1S/C11H25NOS/c1-5-6-10(8-14)7-12(4)9-11(2,3)13/h10,13-14H,5-9H2,1-4H3. The molecular formula is C11H25NOS. The molecule has 0 bridgehead atoms. The van der Waals surface area contributed by atoms with Crippen molar-refractivity contribution in [1.82, 2.24) is 4.90 Å². The third-order valence-electron chi connectivity index (χ3n) is 2.18. The Morgan fingerprint density at radius 2 is 2.00 bits per heavy atom. The normalized spacial score (nSPS) is 14.8. The van der Waals surface area contributed by atoms with Crippen LogP contribution in [0.15, 0.2) is 0 Å². The van der Waals surface area contributed by atoms with Gasteiger partial charge >= 0.3 is 0 Å². The molecule has 0 aliphatic carbocycles. The zero-order valence-electron chi connectivity index (χ0n) is 9.95. The maximum atomic E-state index is 9.64. The molecule has 0 saturated heterocycles. The number of likely N-dealkylation sites (N-methyl/N-ethyl adjacent to an activating group) is 1. The maximum Gasteiger partial charge on any atom is 0.0718 e. The van der Waals surface area contributed by atoms with Crippen molar-refractivity contribution in [3.63, 3.8) is 0 Å². The van der Waals surface area contributed by atoms with Gasteiger partial charge in [-0.25, -0.2) is 0 Å². The number of rotatable bonds is 7. The van der Waals surface area contributed by atoms with E-state index < -0.39 is 5.60 Å². The van der Waals surface area contributed by atoms with E-state index in [4.69, 9.17) is 0 Å². The van der Waals surface area contributed by atoms with Crippen molar-refractivity contribution in [3.8, 4) is 0 Å². The minimum absolute atomic E-state index is 0.595. The quantitative estimate of drug-likeness (QED) is 0.640. The van der Waals surface area contributed by atoms with Gasteiger partial charge in [-0.15, -0.1) is 0 Å². The monoisotopic (exact) mass is 219 g/mol. The van der Waals surface area contributed by atoms with Crippen molar-refractivity contribution < 1.29 is 5.11 Å². The third kappa shape index (κ3) is 7.65. The van der Waals surface area contributed by atoms with E-state index >= 15 is 0 Å². The van der Waals surface area contributed by atoms with Gasteiger partial charge in [-0.2, -0.15) is 12.6 Å². The van der Waals surface area contributed by atoms with E-state index in [1.54, 1.807) is 0 Å². The van der Waals surface area contributed by atoms with Crippen LogP contribution in [0.25, 0.3) is 0 Å². The summed E-state index contributed by atoms with van der Waals surface area (Å²) in [6, 6.07) is 0. The predicted molar refractivity (Wildman–Crippen MR) is 66.0 cm³/mol. The molecule has 1 atom stereocenters. The summed E-state index contributed by atoms with van der Waals surface area (Å²) in [5.74, 6) is 1.58. The molecule has 86 valence electrons. The minimum Gasteiger partial charge on any atom is -0.389 e. The van der Waals surface area contributed by atoms with E-state index in [1.165, 1.54) is 12.8 Å². The Balaban J connectivity index is 3.84. The van der Waals surface area contributed by atoms with E-state index in [9.17, 15) is 5.11 Å². The Labute approximate surface area is 94.1 Å². The van der Waals surface area contributed by atoms with Crippen molar-refractivity contribution in [2.75, 3.05) is 25.9 Å². The van der Waals surface area contributed by atoms with Crippen LogP contribution < -0.4 is 0 Å². The topological polar surface area (TPSA) is 23.5 Å². The van der Waals surface area contributed by atoms with Gasteiger partial charge in [0, 0.05) is 13.1 Å². The largest absolute Gasteiger partial charge is 0.389 e. The lowest BCUT2D eigenvalue weighted by Gasteiger charge is -2.28. The highest BCUT2D eigenvalue weighted by molar-refractivity contribution is 7.80. The van der Waals surface area contributed by atoms with E-state index in [0.29, 0.717) is 5.92 Å². The summed E-state index contributed by atoms with van der Waals surface area (Å²) < 4.78 is 0. The molecule has 0 aromatic carbocycles. The number of nitrogens with zero attached hydrogens (tertiary/aromatic N) is 1. The van der Waals surface area contributed by atoms with Gasteiger partial charge in [0.2, 0.25) is 0 Å². The van der Waals surface area contributed by atoms with Gasteiger partial charge in [0.15, 0.2) is 0 Å². The Morgan fingerprint density at radius 1 is 1.43 bits per heavy atom. The highest BCUT2D eigenvalue weighted by Crippen LogP contribution is 2.11. The lowest BCUT2D eigenvalue weighted by Crippen LogP contribution is -2.38. The van der Waals surface area contributed by atoms with Gasteiger partial charge in [0.25, 0.3) is 0 Å². The zero-order valence-corrected chi connectivity index (χ0v) is 10.8. The fraction of sp³-hybridized carbons (Fsp3) is 1.00. The van der Waals surface area contributed by atoms with Crippen LogP contribution in [0.3, 0.4) is 0 Å². The second-order valence-corrected chi connectivity index (χ2v) is 5.21. The van der Waals surface area contributed by atoms with Gasteiger partial charge in [0.1, 0.15) is 0 Å². The molecule has 0 amide bonds. The minimum atomic E-state index is -0.595. The number of hydrogen-bond acceptors (Lipinski definition) is 3. The van der Waals surface area contributed by atoms with Gasteiger partial charge in [-0.3, -0.25) is 0 Å². The van der Waals surface area contributed by atoms with Crippen LogP contribution in [0, 0.1) is 5.92 Å². The molecule has 0 heterocycles. The molecule has 0 aromatic heterocycles. The predicted octanol–water partition coefficient (Wildman–Crippen LogP) is 2.04. The number of thiol groups is 1. The first-order valence-electron chi connectivity index (χ1n) is 5.40. The third-order valence-corrected chi connectivity index (χ3v) is 2.70. The highest BCUT2D eigenvalue weighted by Gasteiger charge is 2.17. The fourth-order valence-electron chi connectivity index (χ4n) is 1.81. The summed E-state index contributed by atoms with van der Waals surface area (Å²) in [5.41, 5.74) is -0.595. The Hall–Kier alpha value is 0.270. The molecule has 1 unspecified atom stereocenters. The highest BCUT2D eigenvalue weighted by atomic mass is 32.1.